The number of nitrogens with two attached hydrogens (primary N) is 2. The summed E-state index contributed by atoms with van der Waals surface area (Å²) in [7, 11) is -19.1. The van der Waals surface area contributed by atoms with Crippen molar-refractivity contribution < 1.29 is 101 Å². The van der Waals surface area contributed by atoms with Crippen molar-refractivity contribution >= 4 is 150 Å². The maximum Gasteiger partial charge on any atom is 0.296 e. The Kier molecular flexibility index (Phi) is 19.0. The van der Waals surface area contributed by atoms with Crippen LogP contribution in [0.3, 0.4) is 0 Å². The van der Waals surface area contributed by atoms with Crippen LogP contribution in [-0.4, -0.2) is 86.4 Å². The van der Waals surface area contributed by atoms with Crippen molar-refractivity contribution in [1.82, 2.24) is 0 Å². The molecule has 6 aromatic carbocycles. The highest BCUT2D eigenvalue weighted by atomic mass is 32.2. The van der Waals surface area contributed by atoms with Crippen LogP contribution in [-0.2, 0) is 72.4 Å². The summed E-state index contributed by atoms with van der Waals surface area (Å²) in [6.45, 7) is -0.552. The lowest BCUT2D eigenvalue weighted by atomic mass is 10.0. The zero-order chi connectivity index (χ0) is 56.6. The van der Waals surface area contributed by atoms with Gasteiger partial charge in [0.05, 0.1) is 72.5 Å². The number of aliphatic hydroxyl groups excluding tert-OH is 1. The molecular weight excluding hydrogens is 1180 g/mol. The van der Waals surface area contributed by atoms with Crippen LogP contribution < -0.4 is 26.6 Å². The molecule has 31 nitrogen and oxygen atoms in total. The molecule has 0 spiro atoms. The summed E-state index contributed by atoms with van der Waals surface area (Å²) in [5, 5.41) is 81.9. The predicted octanol–water partition coefficient (Wildman–Crippen LogP) is 7.74. The molecule has 414 valence electrons. The number of aromatic hydroxyl groups is 1. The molecule has 7 rings (SSSR count). The first-order valence-electron chi connectivity index (χ1n) is 20.7. The van der Waals surface area contributed by atoms with Crippen molar-refractivity contribution in [1.29, 1.82) is 0 Å². The molecule has 1 unspecified atom stereocenters. The second-order valence-electron chi connectivity index (χ2n) is 15.3. The molecule has 0 aromatic heterocycles. The largest absolute Gasteiger partial charge is 0.512 e. The van der Waals surface area contributed by atoms with Gasteiger partial charge >= 0.3 is 0 Å². The van der Waals surface area contributed by atoms with E-state index < -0.39 is 106 Å². The molecule has 0 saturated carbocycles. The number of fused-ring (bicyclic) bond motifs is 2. The van der Waals surface area contributed by atoms with Crippen LogP contribution >= 0.6 is 36.4 Å². The third kappa shape index (κ3) is 14.2. The first-order chi connectivity index (χ1) is 36.9. The van der Waals surface area contributed by atoms with E-state index in [1.807, 2.05) is 0 Å². The van der Waals surface area contributed by atoms with E-state index in [0.717, 1.165) is 60.6 Å². The van der Waals surface area contributed by atoms with E-state index in [0.29, 0.717) is 16.5 Å². The number of benzene rings is 6. The summed E-state index contributed by atoms with van der Waals surface area (Å²) >= 11 is 0.987. The van der Waals surface area contributed by atoms with Gasteiger partial charge in [0.25, 0.3) is 30.3 Å². The number of phenolic OH excluding ortho intramolecular Hbond substituents is 1. The smallest absolute Gasteiger partial charge is 0.296 e. The zero-order valence-electron chi connectivity index (χ0n) is 38.4. The number of phenols is 1. The van der Waals surface area contributed by atoms with Crippen LogP contribution in [0.5, 0.6) is 5.75 Å². The average Bonchev–Trinajstić information content (AvgIpc) is 3.52. The number of anilines is 3. The molecular formula is C40H35N9O22S7. The molecule has 0 heterocycles. The van der Waals surface area contributed by atoms with Crippen molar-refractivity contribution in [3.8, 4) is 5.75 Å². The third-order valence-electron chi connectivity index (χ3n) is 10.4. The molecule has 1 aliphatic rings. The van der Waals surface area contributed by atoms with Crippen molar-refractivity contribution in [3.05, 3.63) is 101 Å². The molecule has 0 saturated heterocycles. The minimum atomic E-state index is -5.26. The Labute approximate surface area is 451 Å². The zero-order valence-corrected chi connectivity index (χ0v) is 44.1. The molecule has 0 aliphatic heterocycles. The summed E-state index contributed by atoms with van der Waals surface area (Å²) < 4.78 is 143. The number of hydrogen-bond donors (Lipinski definition) is 10. The Balaban J connectivity index is 1.14. The number of rotatable bonds is 24. The quantitative estimate of drug-likeness (QED) is 0.00526. The van der Waals surface area contributed by atoms with Crippen LogP contribution in [0, 0.1) is 0 Å². The third-order valence-corrected chi connectivity index (χ3v) is 16.9. The van der Waals surface area contributed by atoms with Gasteiger partial charge in [-0.3, -0.25) is 18.0 Å². The topological polar surface area (TPSA) is 481 Å². The summed E-state index contributed by atoms with van der Waals surface area (Å²) in [5.74, 6) is -1.80. The van der Waals surface area contributed by atoms with Gasteiger partial charge in [0.1, 0.15) is 38.3 Å². The van der Waals surface area contributed by atoms with Crippen molar-refractivity contribution in [2.45, 2.75) is 36.1 Å². The van der Waals surface area contributed by atoms with E-state index in [-0.39, 0.29) is 80.2 Å². The molecule has 0 bridgehead atoms. The number of nitrogens with zero attached hydrogens (tertiary/aromatic N) is 6. The average molecular weight is 1220 g/mol. The fraction of sp³-hybridized carbons (Fsp3) is 0.100. The lowest BCUT2D eigenvalue weighted by molar-refractivity contribution is -0.434. The fourth-order valence-corrected chi connectivity index (χ4v) is 11.9. The molecule has 1 aliphatic carbocycles. The summed E-state index contributed by atoms with van der Waals surface area (Å²) in [6.07, 6.45) is 1.85. The Hall–Kier alpha value is -6.51. The number of sulfone groups is 1. The summed E-state index contributed by atoms with van der Waals surface area (Å²) in [5.41, 5.74) is 10.6. The number of aliphatic hydroxyl groups is 1. The van der Waals surface area contributed by atoms with Crippen LogP contribution in [0.2, 0.25) is 0 Å². The van der Waals surface area contributed by atoms with Gasteiger partial charge in [-0.1, -0.05) is 21.2 Å². The Morgan fingerprint density at radius 2 is 1.27 bits per heavy atom. The van der Waals surface area contributed by atoms with Crippen LogP contribution in [0.1, 0.15) is 6.42 Å². The highest BCUT2D eigenvalue weighted by Crippen LogP contribution is 2.50. The van der Waals surface area contributed by atoms with E-state index in [2.05, 4.69) is 63.5 Å². The van der Waals surface area contributed by atoms with Crippen LogP contribution in [0.15, 0.2) is 146 Å². The van der Waals surface area contributed by atoms with E-state index in [1.54, 1.807) is 12.1 Å². The minimum absolute atomic E-state index is 0.0101. The number of azo groups is 3. The Morgan fingerprint density at radius 1 is 0.654 bits per heavy atom. The molecule has 1 atom stereocenters. The standard InChI is InChI=1S/C40H35N9O22S7/c41-29-11-10-27-28(17-24(18-31(27)50)72-69-66-52)37(29)46-43-21-1-3-23(4-2-21)49-76(57,58)25-7-5-22(6-8-25)44-48-39-34(78(62,63)64)16-20-15-32(73-70-67-53)38(36(42)35(20)40(39)51)47-45-30-12-9-26(19-33(30)77(59,60)61)75(55,56)14-13-65-74-71-68-54/h1-12,15-17,19,24,49-54H,13-14,18,41-42H2,(H,59,60,61)(H,62,63,64)/b46-43+,47-45+,48-44+. The first kappa shape index (κ1) is 59.2. The van der Waals surface area contributed by atoms with Gasteiger partial charge in [-0.05, 0) is 96.4 Å². The van der Waals surface area contributed by atoms with E-state index in [9.17, 15) is 53.0 Å². The normalized spacial score (nSPS) is 14.4. The predicted molar refractivity (Wildman–Crippen MR) is 275 cm³/mol. The monoisotopic (exact) mass is 1220 g/mol. The van der Waals surface area contributed by atoms with Gasteiger partial charge in [-0.25, -0.2) is 32.6 Å². The molecule has 0 radical (unpaired) electrons. The molecule has 12 N–H and O–H groups in total. The van der Waals surface area contributed by atoms with Gasteiger partial charge in [-0.2, -0.15) is 27.1 Å². The van der Waals surface area contributed by atoms with Gasteiger partial charge < -0.3 is 21.7 Å². The van der Waals surface area contributed by atoms with Crippen LogP contribution in [0.4, 0.5) is 51.2 Å². The van der Waals surface area contributed by atoms with E-state index in [4.69, 9.17) is 31.4 Å². The van der Waals surface area contributed by atoms with E-state index >= 15 is 0 Å². The van der Waals surface area contributed by atoms with Crippen molar-refractivity contribution in [3.63, 3.8) is 0 Å². The van der Waals surface area contributed by atoms with Crippen molar-refractivity contribution in [2.24, 2.45) is 30.7 Å². The second-order valence-corrected chi connectivity index (χ2v) is 24.0. The molecule has 0 fully saturated rings. The number of hydrogen-bond acceptors (Lipinski definition) is 31. The Morgan fingerprint density at radius 3 is 1.91 bits per heavy atom. The molecule has 78 heavy (non-hydrogen) atoms. The molecule has 0 amide bonds. The highest BCUT2D eigenvalue weighted by molar-refractivity contribution is 7.95. The highest BCUT2D eigenvalue weighted by Gasteiger charge is 2.28. The van der Waals surface area contributed by atoms with Gasteiger partial charge in [0.2, 0.25) is 0 Å². The van der Waals surface area contributed by atoms with Crippen molar-refractivity contribution in [2.75, 3.05) is 28.5 Å². The summed E-state index contributed by atoms with van der Waals surface area (Å²) in [4.78, 5) is -3.31. The minimum Gasteiger partial charge on any atom is -0.512 e. The maximum absolute atomic E-state index is 13.4. The lowest BCUT2D eigenvalue weighted by Gasteiger charge is -2.15. The first-order valence-corrected chi connectivity index (χ1v) is 29.0. The molecule has 38 heteroatoms. The van der Waals surface area contributed by atoms with Crippen LogP contribution in [0.25, 0.3) is 22.6 Å². The number of nitrogens with one attached hydrogen (secondary N) is 1. The number of sulfonamides is 1. The lowest BCUT2D eigenvalue weighted by Crippen LogP contribution is -2.33. The number of nitrogen functional groups attached to an aromatic ring is 2. The molecule has 6 aromatic rings. The SMILES string of the molecule is Nc1ccc2c(c1/N=N/c1ccc(NS(=O)(=O)c3ccc(/N=N/c4c(S(=O)(=O)O)cc5cc(SOOO)c(/N=N/c6ccc(S(=O)(=O)CCOSOOO)cc6S(=O)(=O)O)c(N)c5c4O)cc3)cc1)=CC(SOOO)CC=2O. The fourth-order valence-electron chi connectivity index (χ4n) is 6.98. The second kappa shape index (κ2) is 25.1. The van der Waals surface area contributed by atoms with Gasteiger partial charge in [0, 0.05) is 34.6 Å². The summed E-state index contributed by atoms with van der Waals surface area (Å²) in [6, 6.07) is 17.5. The van der Waals surface area contributed by atoms with Gasteiger partial charge in [-0.15, -0.1) is 33.5 Å². The Bertz CT molecular complexity index is 3960. The van der Waals surface area contributed by atoms with Gasteiger partial charge in [0.15, 0.2) is 27.9 Å². The maximum atomic E-state index is 13.4. The van der Waals surface area contributed by atoms with E-state index in [1.165, 1.54) is 30.3 Å².